The summed E-state index contributed by atoms with van der Waals surface area (Å²) in [4.78, 5) is 18.6. The lowest BCUT2D eigenvalue weighted by molar-refractivity contribution is -0.131. The topological polar surface area (TPSA) is 105 Å². The number of nitrogens with one attached hydrogen (secondary N) is 1. The predicted octanol–water partition coefficient (Wildman–Crippen LogP) is 2.56. The van der Waals surface area contributed by atoms with Gasteiger partial charge < -0.3 is 9.42 Å². The Balaban J connectivity index is 1.30. The highest BCUT2D eigenvalue weighted by Gasteiger charge is 2.28. The number of aromatic nitrogens is 2. The van der Waals surface area contributed by atoms with Crippen molar-refractivity contribution in [3.8, 4) is 11.4 Å². The molecule has 0 radical (unpaired) electrons. The molecule has 10 heteroatoms. The molecule has 0 spiro atoms. The average molecular weight is 444 g/mol. The zero-order chi connectivity index (χ0) is 21.8. The Labute approximate surface area is 179 Å². The maximum atomic E-state index is 13.1. The van der Waals surface area contributed by atoms with Crippen LogP contribution in [0.3, 0.4) is 0 Å². The van der Waals surface area contributed by atoms with Gasteiger partial charge in [-0.05, 0) is 49.2 Å². The molecule has 0 bridgehead atoms. The summed E-state index contributed by atoms with van der Waals surface area (Å²) in [5, 5.41) is 3.96. The summed E-state index contributed by atoms with van der Waals surface area (Å²) >= 11 is 0. The van der Waals surface area contributed by atoms with Gasteiger partial charge in [-0.3, -0.25) is 4.79 Å². The first kappa shape index (κ1) is 21.1. The second kappa shape index (κ2) is 8.94. The third-order valence-corrected chi connectivity index (χ3v) is 6.63. The number of sulfonamides is 1. The van der Waals surface area contributed by atoms with E-state index in [1.54, 1.807) is 35.2 Å². The van der Waals surface area contributed by atoms with Crippen LogP contribution in [-0.2, 0) is 14.8 Å². The van der Waals surface area contributed by atoms with Crippen LogP contribution < -0.4 is 4.72 Å². The first-order chi connectivity index (χ1) is 14.9. The standard InChI is InChI=1S/C21H21FN4O4S/c22-17-8-6-15(7-9-17)20-24-21(30-25-20)16-10-12-26(13-11-16)19(27)14-23-31(28,29)18-4-2-1-3-5-18/h1-9,16,23H,10-14H2. The fraction of sp³-hybridized carbons (Fsp3) is 0.286. The third-order valence-electron chi connectivity index (χ3n) is 5.21. The van der Waals surface area contributed by atoms with Gasteiger partial charge >= 0.3 is 0 Å². The zero-order valence-corrected chi connectivity index (χ0v) is 17.4. The summed E-state index contributed by atoms with van der Waals surface area (Å²) in [6.07, 6.45) is 1.25. The predicted molar refractivity (Wildman–Crippen MR) is 110 cm³/mol. The van der Waals surface area contributed by atoms with Crippen LogP contribution in [0.1, 0.15) is 24.7 Å². The second-order valence-electron chi connectivity index (χ2n) is 7.26. The van der Waals surface area contributed by atoms with E-state index in [0.717, 1.165) is 0 Å². The Morgan fingerprint density at radius 2 is 1.77 bits per heavy atom. The molecule has 31 heavy (non-hydrogen) atoms. The number of rotatable bonds is 6. The van der Waals surface area contributed by atoms with Gasteiger partial charge in [0, 0.05) is 24.6 Å². The van der Waals surface area contributed by atoms with Crippen molar-refractivity contribution < 1.29 is 22.1 Å². The maximum Gasteiger partial charge on any atom is 0.241 e. The number of piperidine rings is 1. The van der Waals surface area contributed by atoms with Gasteiger partial charge in [0.05, 0.1) is 11.4 Å². The molecule has 2 aromatic carbocycles. The summed E-state index contributed by atoms with van der Waals surface area (Å²) in [5.74, 6) is 0.262. The van der Waals surface area contributed by atoms with Crippen LogP contribution in [0.4, 0.5) is 4.39 Å². The van der Waals surface area contributed by atoms with E-state index in [1.165, 1.54) is 24.3 Å². The van der Waals surface area contributed by atoms with Gasteiger partial charge in [0.1, 0.15) is 5.82 Å². The van der Waals surface area contributed by atoms with E-state index in [0.29, 0.717) is 43.2 Å². The molecule has 1 saturated heterocycles. The van der Waals surface area contributed by atoms with Crippen molar-refractivity contribution in [1.29, 1.82) is 0 Å². The molecule has 1 aromatic heterocycles. The SMILES string of the molecule is O=C(CNS(=O)(=O)c1ccccc1)N1CCC(c2nc(-c3ccc(F)cc3)no2)CC1. The first-order valence-corrected chi connectivity index (χ1v) is 11.3. The number of benzene rings is 2. The number of carbonyl (C=O) groups is 1. The quantitative estimate of drug-likeness (QED) is 0.627. The van der Waals surface area contributed by atoms with Crippen LogP contribution in [0, 0.1) is 5.82 Å². The van der Waals surface area contributed by atoms with E-state index in [2.05, 4.69) is 14.9 Å². The lowest BCUT2D eigenvalue weighted by Crippen LogP contribution is -2.43. The van der Waals surface area contributed by atoms with Crippen molar-refractivity contribution in [2.45, 2.75) is 23.7 Å². The van der Waals surface area contributed by atoms with Gasteiger partial charge in [-0.15, -0.1) is 0 Å². The minimum atomic E-state index is -3.73. The second-order valence-corrected chi connectivity index (χ2v) is 9.02. The van der Waals surface area contributed by atoms with Gasteiger partial charge in [0.15, 0.2) is 0 Å². The van der Waals surface area contributed by atoms with Gasteiger partial charge in [0.2, 0.25) is 27.6 Å². The molecule has 0 saturated carbocycles. The molecular weight excluding hydrogens is 423 g/mol. The Hall–Kier alpha value is -3.11. The normalized spacial score (nSPS) is 15.2. The molecule has 2 heterocycles. The van der Waals surface area contributed by atoms with Gasteiger partial charge in [0.25, 0.3) is 0 Å². The molecule has 0 unspecified atom stereocenters. The summed E-state index contributed by atoms with van der Waals surface area (Å²) in [6, 6.07) is 13.8. The summed E-state index contributed by atoms with van der Waals surface area (Å²) < 4.78 is 45.3. The van der Waals surface area contributed by atoms with Crippen molar-refractivity contribution in [3.05, 3.63) is 66.3 Å². The molecule has 1 fully saturated rings. The van der Waals surface area contributed by atoms with Crippen molar-refractivity contribution in [2.75, 3.05) is 19.6 Å². The van der Waals surface area contributed by atoms with Gasteiger partial charge in [-0.2, -0.15) is 4.98 Å². The van der Waals surface area contributed by atoms with Crippen LogP contribution in [0.5, 0.6) is 0 Å². The Morgan fingerprint density at radius 3 is 2.45 bits per heavy atom. The zero-order valence-electron chi connectivity index (χ0n) is 16.6. The number of amides is 1. The van der Waals surface area contributed by atoms with Crippen LogP contribution in [0.2, 0.25) is 0 Å². The van der Waals surface area contributed by atoms with E-state index in [1.807, 2.05) is 0 Å². The number of hydrogen-bond acceptors (Lipinski definition) is 6. The molecule has 8 nitrogen and oxygen atoms in total. The lowest BCUT2D eigenvalue weighted by atomic mass is 9.96. The summed E-state index contributed by atoms with van der Waals surface area (Å²) in [6.45, 7) is 0.632. The van der Waals surface area contributed by atoms with E-state index in [4.69, 9.17) is 4.52 Å². The molecule has 3 aromatic rings. The highest BCUT2D eigenvalue weighted by molar-refractivity contribution is 7.89. The minimum absolute atomic E-state index is 0.00626. The van der Waals surface area contributed by atoms with Gasteiger partial charge in [-0.25, -0.2) is 17.5 Å². The smallest absolute Gasteiger partial charge is 0.241 e. The van der Waals surface area contributed by atoms with Crippen molar-refractivity contribution >= 4 is 15.9 Å². The largest absolute Gasteiger partial charge is 0.342 e. The fourth-order valence-electron chi connectivity index (χ4n) is 3.44. The molecule has 0 aliphatic carbocycles. The van der Waals surface area contributed by atoms with Crippen molar-refractivity contribution in [2.24, 2.45) is 0 Å². The molecule has 162 valence electrons. The van der Waals surface area contributed by atoms with E-state index < -0.39 is 10.0 Å². The van der Waals surface area contributed by atoms with Crippen LogP contribution in [-0.4, -0.2) is 49.0 Å². The highest BCUT2D eigenvalue weighted by atomic mass is 32.2. The number of carbonyl (C=O) groups excluding carboxylic acids is 1. The van der Waals surface area contributed by atoms with Crippen LogP contribution >= 0.6 is 0 Å². The average Bonchev–Trinajstić information content (AvgIpc) is 3.29. The Morgan fingerprint density at radius 1 is 1.10 bits per heavy atom. The number of likely N-dealkylation sites (tertiary alicyclic amines) is 1. The van der Waals surface area contributed by atoms with Gasteiger partial charge in [-0.1, -0.05) is 23.4 Å². The number of hydrogen-bond donors (Lipinski definition) is 1. The molecule has 1 aliphatic rings. The van der Waals surface area contributed by atoms with E-state index in [9.17, 15) is 17.6 Å². The maximum absolute atomic E-state index is 13.1. The minimum Gasteiger partial charge on any atom is -0.342 e. The fourth-order valence-corrected chi connectivity index (χ4v) is 4.44. The monoisotopic (exact) mass is 444 g/mol. The first-order valence-electron chi connectivity index (χ1n) is 9.84. The van der Waals surface area contributed by atoms with E-state index in [-0.39, 0.29) is 29.1 Å². The van der Waals surface area contributed by atoms with Crippen molar-refractivity contribution in [3.63, 3.8) is 0 Å². The molecular formula is C21H21FN4O4S. The van der Waals surface area contributed by atoms with Crippen molar-refractivity contribution in [1.82, 2.24) is 19.8 Å². The Bertz CT molecular complexity index is 1140. The van der Waals surface area contributed by atoms with Crippen LogP contribution in [0.15, 0.2) is 64.0 Å². The highest BCUT2D eigenvalue weighted by Crippen LogP contribution is 2.28. The van der Waals surface area contributed by atoms with E-state index >= 15 is 0 Å². The summed E-state index contributed by atoms with van der Waals surface area (Å²) in [7, 11) is -3.73. The third kappa shape index (κ3) is 4.97. The molecule has 1 aliphatic heterocycles. The molecule has 1 amide bonds. The number of nitrogens with zero attached hydrogens (tertiary/aromatic N) is 3. The lowest BCUT2D eigenvalue weighted by Gasteiger charge is -2.30. The molecule has 0 atom stereocenters. The molecule has 4 rings (SSSR count). The Kier molecular flexibility index (Phi) is 6.10. The molecule has 1 N–H and O–H groups in total. The van der Waals surface area contributed by atoms with Crippen LogP contribution in [0.25, 0.3) is 11.4 Å². The number of halogens is 1. The summed E-state index contributed by atoms with van der Waals surface area (Å²) in [5.41, 5.74) is 0.662.